The van der Waals surface area contributed by atoms with Crippen molar-refractivity contribution in [2.45, 2.75) is 45.1 Å². The zero-order valence-corrected chi connectivity index (χ0v) is 12.5. The average Bonchev–Trinajstić information content (AvgIpc) is 2.70. The van der Waals surface area contributed by atoms with E-state index in [-0.39, 0.29) is 0 Å². The molecule has 0 saturated heterocycles. The fourth-order valence-electron chi connectivity index (χ4n) is 3.24. The monoisotopic (exact) mass is 275 g/mol. The van der Waals surface area contributed by atoms with Crippen LogP contribution in [0.3, 0.4) is 0 Å². The molecule has 3 unspecified atom stereocenters. The summed E-state index contributed by atoms with van der Waals surface area (Å²) in [6.45, 7) is 7.22. The molecule has 110 valence electrons. The first kappa shape index (κ1) is 13.7. The second-order valence-electron chi connectivity index (χ2n) is 6.02. The molecule has 1 heterocycles. The molecule has 3 heteroatoms. The van der Waals surface area contributed by atoms with Crippen LogP contribution in [0, 0.1) is 5.92 Å². The standard InChI is InChI=1S/C17H25NO2/c1-3-7-18-15-11-14(12(15)2)13-5-6-16-17(10-13)20-9-4-8-19-16/h5-6,10,12,14-15,18H,3-4,7-9,11H2,1-2H3. The molecule has 0 amide bonds. The Bertz CT molecular complexity index is 460. The van der Waals surface area contributed by atoms with E-state index in [0.717, 1.165) is 37.7 Å². The van der Waals surface area contributed by atoms with Crippen molar-refractivity contribution in [1.29, 1.82) is 0 Å². The third-order valence-corrected chi connectivity index (χ3v) is 4.63. The molecule has 0 aromatic heterocycles. The Labute approximate surface area is 121 Å². The van der Waals surface area contributed by atoms with Gasteiger partial charge in [-0.1, -0.05) is 19.9 Å². The molecule has 3 rings (SSSR count). The predicted octanol–water partition coefficient (Wildman–Crippen LogP) is 3.34. The van der Waals surface area contributed by atoms with E-state index >= 15 is 0 Å². The molecular formula is C17H25NO2. The molecule has 0 spiro atoms. The molecule has 1 aliphatic carbocycles. The van der Waals surface area contributed by atoms with E-state index < -0.39 is 0 Å². The fraction of sp³-hybridized carbons (Fsp3) is 0.647. The molecule has 3 atom stereocenters. The van der Waals surface area contributed by atoms with Crippen molar-refractivity contribution in [1.82, 2.24) is 5.32 Å². The van der Waals surface area contributed by atoms with Crippen molar-refractivity contribution < 1.29 is 9.47 Å². The van der Waals surface area contributed by atoms with E-state index in [4.69, 9.17) is 9.47 Å². The lowest BCUT2D eigenvalue weighted by Crippen LogP contribution is -2.48. The molecule has 0 bridgehead atoms. The summed E-state index contributed by atoms with van der Waals surface area (Å²) >= 11 is 0. The Hall–Kier alpha value is -1.22. The lowest BCUT2D eigenvalue weighted by Gasteiger charge is -2.44. The van der Waals surface area contributed by atoms with Gasteiger partial charge in [0.1, 0.15) is 0 Å². The number of nitrogens with one attached hydrogen (secondary N) is 1. The summed E-state index contributed by atoms with van der Waals surface area (Å²) < 4.78 is 11.5. The van der Waals surface area contributed by atoms with Gasteiger partial charge < -0.3 is 14.8 Å². The summed E-state index contributed by atoms with van der Waals surface area (Å²) in [4.78, 5) is 0. The van der Waals surface area contributed by atoms with E-state index in [2.05, 4.69) is 37.4 Å². The molecule has 1 saturated carbocycles. The van der Waals surface area contributed by atoms with E-state index in [1.807, 2.05) is 0 Å². The van der Waals surface area contributed by atoms with E-state index in [0.29, 0.717) is 17.9 Å². The van der Waals surface area contributed by atoms with Crippen LogP contribution < -0.4 is 14.8 Å². The Morgan fingerprint density at radius 2 is 2.00 bits per heavy atom. The number of rotatable bonds is 4. The van der Waals surface area contributed by atoms with Gasteiger partial charge in [0.15, 0.2) is 11.5 Å². The summed E-state index contributed by atoms with van der Waals surface area (Å²) in [5.74, 6) is 3.18. The van der Waals surface area contributed by atoms with Crippen LogP contribution in [0.5, 0.6) is 11.5 Å². The lowest BCUT2D eigenvalue weighted by atomic mass is 9.67. The van der Waals surface area contributed by atoms with Crippen LogP contribution in [0.2, 0.25) is 0 Å². The normalized spacial score (nSPS) is 28.6. The molecule has 3 nitrogen and oxygen atoms in total. The van der Waals surface area contributed by atoms with Gasteiger partial charge >= 0.3 is 0 Å². The number of ether oxygens (including phenoxy) is 2. The van der Waals surface area contributed by atoms with Crippen molar-refractivity contribution in [3.8, 4) is 11.5 Å². The van der Waals surface area contributed by atoms with Crippen molar-refractivity contribution >= 4 is 0 Å². The van der Waals surface area contributed by atoms with Gasteiger partial charge in [-0.05, 0) is 48.9 Å². The number of fused-ring (bicyclic) bond motifs is 1. The second-order valence-corrected chi connectivity index (χ2v) is 6.02. The fourth-order valence-corrected chi connectivity index (χ4v) is 3.24. The third-order valence-electron chi connectivity index (χ3n) is 4.63. The maximum atomic E-state index is 5.79. The number of hydrogen-bond acceptors (Lipinski definition) is 3. The molecule has 20 heavy (non-hydrogen) atoms. The predicted molar refractivity (Wildman–Crippen MR) is 80.7 cm³/mol. The highest BCUT2D eigenvalue weighted by molar-refractivity contribution is 5.45. The molecule has 1 N–H and O–H groups in total. The topological polar surface area (TPSA) is 30.5 Å². The van der Waals surface area contributed by atoms with Crippen molar-refractivity contribution in [3.63, 3.8) is 0 Å². The minimum atomic E-state index is 0.654. The number of hydrogen-bond donors (Lipinski definition) is 1. The van der Waals surface area contributed by atoms with Gasteiger partial charge in [0.2, 0.25) is 0 Å². The highest BCUT2D eigenvalue weighted by Gasteiger charge is 2.38. The third kappa shape index (κ3) is 2.64. The Balaban J connectivity index is 1.68. The summed E-state index contributed by atoms with van der Waals surface area (Å²) in [5.41, 5.74) is 1.40. The quantitative estimate of drug-likeness (QED) is 0.914. The summed E-state index contributed by atoms with van der Waals surface area (Å²) in [6.07, 6.45) is 3.41. The van der Waals surface area contributed by atoms with Crippen LogP contribution in [0.25, 0.3) is 0 Å². The SMILES string of the molecule is CCCNC1CC(c2ccc3c(c2)OCCCO3)C1C. The smallest absolute Gasteiger partial charge is 0.161 e. The van der Waals surface area contributed by atoms with E-state index in [9.17, 15) is 0 Å². The van der Waals surface area contributed by atoms with Crippen LogP contribution in [-0.4, -0.2) is 25.8 Å². The summed E-state index contributed by atoms with van der Waals surface area (Å²) in [6, 6.07) is 7.16. The van der Waals surface area contributed by atoms with Gasteiger partial charge in [0.05, 0.1) is 13.2 Å². The first-order valence-corrected chi connectivity index (χ1v) is 7.92. The van der Waals surface area contributed by atoms with Crippen molar-refractivity contribution in [3.05, 3.63) is 23.8 Å². The maximum Gasteiger partial charge on any atom is 0.161 e. The van der Waals surface area contributed by atoms with Gasteiger partial charge in [0, 0.05) is 12.5 Å². The van der Waals surface area contributed by atoms with Gasteiger partial charge in [-0.25, -0.2) is 0 Å². The summed E-state index contributed by atoms with van der Waals surface area (Å²) in [5, 5.41) is 3.63. The van der Waals surface area contributed by atoms with E-state index in [1.54, 1.807) is 0 Å². The average molecular weight is 275 g/mol. The van der Waals surface area contributed by atoms with Gasteiger partial charge in [-0.2, -0.15) is 0 Å². The summed E-state index contributed by atoms with van der Waals surface area (Å²) in [7, 11) is 0. The first-order valence-electron chi connectivity index (χ1n) is 7.92. The minimum absolute atomic E-state index is 0.654. The highest BCUT2D eigenvalue weighted by atomic mass is 16.5. The molecule has 0 radical (unpaired) electrons. The van der Waals surface area contributed by atoms with Crippen LogP contribution in [0.4, 0.5) is 0 Å². The Kier molecular flexibility index (Phi) is 4.16. The molecule has 1 aromatic rings. The highest BCUT2D eigenvalue weighted by Crippen LogP contribution is 2.44. The maximum absolute atomic E-state index is 5.79. The van der Waals surface area contributed by atoms with Gasteiger partial charge in [-0.3, -0.25) is 0 Å². The van der Waals surface area contributed by atoms with Crippen molar-refractivity contribution in [2.75, 3.05) is 19.8 Å². The number of benzene rings is 1. The van der Waals surface area contributed by atoms with Crippen molar-refractivity contribution in [2.24, 2.45) is 5.92 Å². The van der Waals surface area contributed by atoms with Gasteiger partial charge in [-0.15, -0.1) is 0 Å². The molecule has 1 fully saturated rings. The lowest BCUT2D eigenvalue weighted by molar-refractivity contribution is 0.184. The Morgan fingerprint density at radius 3 is 2.75 bits per heavy atom. The van der Waals surface area contributed by atoms with E-state index in [1.165, 1.54) is 18.4 Å². The van der Waals surface area contributed by atoms with Crippen LogP contribution in [0.15, 0.2) is 18.2 Å². The van der Waals surface area contributed by atoms with Crippen LogP contribution >= 0.6 is 0 Å². The van der Waals surface area contributed by atoms with Crippen LogP contribution in [0.1, 0.15) is 44.6 Å². The molecular weight excluding hydrogens is 250 g/mol. The first-order chi connectivity index (χ1) is 9.79. The zero-order chi connectivity index (χ0) is 13.9. The largest absolute Gasteiger partial charge is 0.490 e. The molecule has 2 aliphatic rings. The van der Waals surface area contributed by atoms with Crippen LogP contribution in [-0.2, 0) is 0 Å². The zero-order valence-electron chi connectivity index (χ0n) is 12.5. The second kappa shape index (κ2) is 6.04. The van der Waals surface area contributed by atoms with Gasteiger partial charge in [0.25, 0.3) is 0 Å². The molecule has 1 aromatic carbocycles. The molecule has 1 aliphatic heterocycles. The Morgan fingerprint density at radius 1 is 1.20 bits per heavy atom. The minimum Gasteiger partial charge on any atom is -0.490 e.